The van der Waals surface area contributed by atoms with E-state index in [4.69, 9.17) is 4.42 Å². The normalized spacial score (nSPS) is 18.3. The predicted molar refractivity (Wildman–Crippen MR) is 134 cm³/mol. The Labute approximate surface area is 219 Å². The zero-order valence-electron chi connectivity index (χ0n) is 21.6. The molecule has 1 aliphatic rings. The van der Waals surface area contributed by atoms with Crippen LogP contribution < -0.4 is 10.6 Å². The summed E-state index contributed by atoms with van der Waals surface area (Å²) in [5.74, 6) is 0.520. The van der Waals surface area contributed by atoms with Crippen LogP contribution in [0.4, 0.5) is 13.2 Å². The monoisotopic (exact) mass is 531 g/mol. The quantitative estimate of drug-likeness (QED) is 0.418. The van der Waals surface area contributed by atoms with E-state index in [0.717, 1.165) is 29.5 Å². The molecule has 1 saturated carbocycles. The fourth-order valence-corrected chi connectivity index (χ4v) is 4.49. The Morgan fingerprint density at radius 1 is 1.03 bits per heavy atom. The van der Waals surface area contributed by atoms with Crippen molar-refractivity contribution in [2.24, 2.45) is 5.92 Å². The number of hydrogen-bond acceptors (Lipinski definition) is 5. The molecule has 0 aliphatic heterocycles. The first-order valence-electron chi connectivity index (χ1n) is 12.7. The molecule has 8 nitrogen and oxygen atoms in total. The molecule has 11 heteroatoms. The van der Waals surface area contributed by atoms with Gasteiger partial charge in [-0.2, -0.15) is 18.3 Å². The van der Waals surface area contributed by atoms with Crippen molar-refractivity contribution in [3.63, 3.8) is 0 Å². The lowest BCUT2D eigenvalue weighted by molar-refractivity contribution is -0.141. The third-order valence-electron chi connectivity index (χ3n) is 6.67. The van der Waals surface area contributed by atoms with Crippen LogP contribution in [0.25, 0.3) is 5.69 Å². The highest BCUT2D eigenvalue weighted by Gasteiger charge is 2.39. The van der Waals surface area contributed by atoms with E-state index in [9.17, 15) is 22.8 Å². The molecule has 2 N–H and O–H groups in total. The highest BCUT2D eigenvalue weighted by molar-refractivity contribution is 5.95. The summed E-state index contributed by atoms with van der Waals surface area (Å²) in [5, 5.41) is 8.81. The van der Waals surface area contributed by atoms with E-state index in [1.54, 1.807) is 36.5 Å². The van der Waals surface area contributed by atoms with Crippen LogP contribution in [0.15, 0.2) is 47.1 Å². The number of carbonyl (C=O) groups excluding carboxylic acids is 2. The molecule has 2 aromatic heterocycles. The minimum atomic E-state index is -4.79. The number of rotatable bonds is 7. The van der Waals surface area contributed by atoms with Gasteiger partial charge in [0, 0.05) is 36.5 Å². The Morgan fingerprint density at radius 2 is 1.68 bits per heavy atom. The summed E-state index contributed by atoms with van der Waals surface area (Å²) >= 11 is 0. The molecule has 0 bridgehead atoms. The summed E-state index contributed by atoms with van der Waals surface area (Å²) in [5.41, 5.74) is -1.56. The Balaban J connectivity index is 1.26. The van der Waals surface area contributed by atoms with Gasteiger partial charge in [-0.05, 0) is 37.8 Å². The summed E-state index contributed by atoms with van der Waals surface area (Å²) in [6.45, 7) is 6.28. The van der Waals surface area contributed by atoms with E-state index >= 15 is 0 Å². The molecular weight excluding hydrogens is 499 g/mol. The van der Waals surface area contributed by atoms with Crippen molar-refractivity contribution in [1.29, 1.82) is 0 Å². The first-order valence-corrected chi connectivity index (χ1v) is 12.7. The molecule has 204 valence electrons. The second-order valence-corrected chi connectivity index (χ2v) is 10.6. The number of aromatic nitrogens is 3. The Bertz CT molecular complexity index is 1250. The van der Waals surface area contributed by atoms with Gasteiger partial charge in [-0.25, -0.2) is 9.67 Å². The minimum Gasteiger partial charge on any atom is -0.445 e. The number of para-hydroxylation sites is 1. The maximum absolute atomic E-state index is 13.5. The standard InChI is InChI=1S/C27H32F3N5O3/c1-26(2,3)21-15-33-25(38-21)18-11-9-17(10-12-18)23(36)31-13-14-32-24(37)20-16-35(19-7-5-4-6-8-19)34-22(20)27(28,29)30/h4-8,15-18H,9-14H2,1-3H3,(H,31,36)(H,32,37)/t17-,18-. The average molecular weight is 532 g/mol. The van der Waals surface area contributed by atoms with Crippen LogP contribution in [-0.2, 0) is 16.4 Å². The number of carbonyl (C=O) groups is 2. The van der Waals surface area contributed by atoms with E-state index in [0.29, 0.717) is 24.4 Å². The van der Waals surface area contributed by atoms with Gasteiger partial charge >= 0.3 is 6.18 Å². The highest BCUT2D eigenvalue weighted by Crippen LogP contribution is 2.37. The van der Waals surface area contributed by atoms with Gasteiger partial charge in [0.2, 0.25) is 5.91 Å². The van der Waals surface area contributed by atoms with E-state index in [1.807, 2.05) is 0 Å². The largest absolute Gasteiger partial charge is 0.445 e. The second-order valence-electron chi connectivity index (χ2n) is 10.6. The Hall–Kier alpha value is -3.63. The topological polar surface area (TPSA) is 102 Å². The van der Waals surface area contributed by atoms with E-state index in [2.05, 4.69) is 41.5 Å². The lowest BCUT2D eigenvalue weighted by Gasteiger charge is -2.26. The zero-order chi connectivity index (χ0) is 27.5. The molecule has 3 aromatic rings. The molecule has 2 heterocycles. The SMILES string of the molecule is CC(C)(C)c1cnc([C@H]2CC[C@H](C(=O)NCCNC(=O)c3cn(-c4ccccc4)nc3C(F)(F)F)CC2)o1. The first kappa shape index (κ1) is 27.4. The number of benzene rings is 1. The van der Waals surface area contributed by atoms with Crippen LogP contribution >= 0.6 is 0 Å². The number of nitrogens with zero attached hydrogens (tertiary/aromatic N) is 3. The molecule has 4 rings (SSSR count). The summed E-state index contributed by atoms with van der Waals surface area (Å²) in [4.78, 5) is 29.6. The number of nitrogens with one attached hydrogen (secondary N) is 2. The third-order valence-corrected chi connectivity index (χ3v) is 6.67. The highest BCUT2D eigenvalue weighted by atomic mass is 19.4. The van der Waals surface area contributed by atoms with Crippen LogP contribution in [0, 0.1) is 5.92 Å². The molecular formula is C27H32F3N5O3. The molecule has 1 aliphatic carbocycles. The maximum atomic E-state index is 13.5. The summed E-state index contributed by atoms with van der Waals surface area (Å²) in [6, 6.07) is 8.23. The number of amides is 2. The number of oxazole rings is 1. The molecule has 0 atom stereocenters. The Morgan fingerprint density at radius 3 is 2.29 bits per heavy atom. The molecule has 38 heavy (non-hydrogen) atoms. The van der Waals surface area contributed by atoms with E-state index in [-0.39, 0.29) is 36.2 Å². The van der Waals surface area contributed by atoms with Crippen molar-refractivity contribution < 1.29 is 27.2 Å². The molecule has 0 spiro atoms. The molecule has 0 radical (unpaired) electrons. The zero-order valence-corrected chi connectivity index (χ0v) is 21.6. The van der Waals surface area contributed by atoms with Crippen molar-refractivity contribution in [2.45, 2.75) is 64.0 Å². The van der Waals surface area contributed by atoms with E-state index < -0.39 is 23.3 Å². The molecule has 0 unspecified atom stereocenters. The molecule has 2 amide bonds. The smallest absolute Gasteiger partial charge is 0.435 e. The van der Waals surface area contributed by atoms with E-state index in [1.165, 1.54) is 0 Å². The van der Waals surface area contributed by atoms with Crippen molar-refractivity contribution in [3.05, 3.63) is 65.6 Å². The third kappa shape index (κ3) is 6.43. The van der Waals surface area contributed by atoms with Gasteiger partial charge in [0.1, 0.15) is 5.76 Å². The van der Waals surface area contributed by atoms with Crippen molar-refractivity contribution in [2.75, 3.05) is 13.1 Å². The molecule has 1 fully saturated rings. The predicted octanol–water partition coefficient (Wildman–Crippen LogP) is 5.00. The van der Waals surface area contributed by atoms with Crippen molar-refractivity contribution in [1.82, 2.24) is 25.4 Å². The van der Waals surface area contributed by atoms with Crippen LogP contribution in [-0.4, -0.2) is 39.7 Å². The van der Waals surface area contributed by atoms with Gasteiger partial charge in [0.25, 0.3) is 5.91 Å². The minimum absolute atomic E-state index is 0.0143. The van der Waals surface area contributed by atoms with Crippen LogP contribution in [0.1, 0.15) is 80.1 Å². The lowest BCUT2D eigenvalue weighted by Crippen LogP contribution is -2.38. The summed E-state index contributed by atoms with van der Waals surface area (Å²) in [7, 11) is 0. The maximum Gasteiger partial charge on any atom is 0.435 e. The fraction of sp³-hybridized carbons (Fsp3) is 0.481. The van der Waals surface area contributed by atoms with Crippen LogP contribution in [0.5, 0.6) is 0 Å². The average Bonchev–Trinajstić information content (AvgIpc) is 3.55. The van der Waals surface area contributed by atoms with Crippen molar-refractivity contribution >= 4 is 11.8 Å². The second kappa shape index (κ2) is 11.0. The number of alkyl halides is 3. The van der Waals surface area contributed by atoms with Crippen molar-refractivity contribution in [3.8, 4) is 5.69 Å². The fourth-order valence-electron chi connectivity index (χ4n) is 4.49. The van der Waals surface area contributed by atoms with Gasteiger partial charge in [0.05, 0.1) is 17.4 Å². The number of hydrogen-bond donors (Lipinski definition) is 2. The number of halogens is 3. The van der Waals surface area contributed by atoms with Gasteiger partial charge < -0.3 is 15.1 Å². The molecule has 0 saturated heterocycles. The van der Waals surface area contributed by atoms with Gasteiger partial charge in [-0.3, -0.25) is 9.59 Å². The first-order chi connectivity index (χ1) is 17.9. The summed E-state index contributed by atoms with van der Waals surface area (Å²) in [6.07, 6.45) is 0.970. The molecule has 1 aromatic carbocycles. The van der Waals surface area contributed by atoms with Gasteiger partial charge in [-0.15, -0.1) is 0 Å². The van der Waals surface area contributed by atoms with Gasteiger partial charge in [-0.1, -0.05) is 39.0 Å². The van der Waals surface area contributed by atoms with Crippen LogP contribution in [0.3, 0.4) is 0 Å². The summed E-state index contributed by atoms with van der Waals surface area (Å²) < 4.78 is 47.5. The lowest BCUT2D eigenvalue weighted by atomic mass is 9.81. The Kier molecular flexibility index (Phi) is 7.94. The van der Waals surface area contributed by atoms with Crippen LogP contribution in [0.2, 0.25) is 0 Å². The van der Waals surface area contributed by atoms with Gasteiger partial charge in [0.15, 0.2) is 11.6 Å².